The minimum Gasteiger partial charge on any atom is -0.508 e. The molecule has 3 amide bonds. The van der Waals surface area contributed by atoms with Gasteiger partial charge in [0, 0.05) is 81.9 Å². The Morgan fingerprint density at radius 3 is 2.37 bits per heavy atom. The summed E-state index contributed by atoms with van der Waals surface area (Å²) in [5.74, 6) is -1.11. The zero-order valence-electron chi connectivity index (χ0n) is 38.1. The summed E-state index contributed by atoms with van der Waals surface area (Å²) in [5, 5.41) is 36.6. The monoisotopic (exact) mass is 929 g/mol. The number of aromatic nitrogens is 7. The van der Waals surface area contributed by atoms with Crippen molar-refractivity contribution in [3.05, 3.63) is 89.1 Å². The predicted molar refractivity (Wildman–Crippen MR) is 246 cm³/mol. The van der Waals surface area contributed by atoms with Crippen molar-refractivity contribution in [2.75, 3.05) is 64.0 Å². The van der Waals surface area contributed by atoms with E-state index in [9.17, 15) is 29.4 Å². The van der Waals surface area contributed by atoms with Crippen LogP contribution in [0.25, 0.3) is 28.0 Å². The van der Waals surface area contributed by atoms with E-state index in [2.05, 4.69) is 45.7 Å². The smallest absolute Gasteiger partial charge is 0.344 e. The van der Waals surface area contributed by atoms with Gasteiger partial charge in [-0.25, -0.2) is 19.7 Å². The Labute approximate surface area is 389 Å². The molecule has 0 radical (unpaired) electrons. The number of hydrogen-bond acceptors (Lipinski definition) is 17. The second kappa shape index (κ2) is 19.8. The number of anilines is 2. The summed E-state index contributed by atoms with van der Waals surface area (Å²) in [6.07, 6.45) is 1.49. The SMILES string of the molecule is CCNC(=O)c1nnc(-c2cc(C(C)C)c(O)cc2O)n1-c1ccc(CN2CCN(C(=O)C(C)OC(=O)COc3ccc4c5n(c(=NC(=O)c6cnc(N)nc6)nc4c3OC)CCN5)CC2)cc1. The van der Waals surface area contributed by atoms with Crippen LogP contribution < -0.4 is 31.5 Å². The zero-order chi connectivity index (χ0) is 48.2. The molecule has 0 spiro atoms. The van der Waals surface area contributed by atoms with Gasteiger partial charge in [0.25, 0.3) is 17.7 Å². The summed E-state index contributed by atoms with van der Waals surface area (Å²) >= 11 is 0. The normalized spacial score (nSPS) is 14.4. The number of fused-ring (bicyclic) bond motifs is 3. The average Bonchev–Trinajstić information content (AvgIpc) is 4.00. The number of hydrogen-bond donors (Lipinski definition) is 5. The maximum absolute atomic E-state index is 13.5. The highest BCUT2D eigenvalue weighted by Gasteiger charge is 2.29. The first kappa shape index (κ1) is 46.4. The molecule has 5 heterocycles. The summed E-state index contributed by atoms with van der Waals surface area (Å²) in [6.45, 7) is 10.6. The highest BCUT2D eigenvalue weighted by atomic mass is 16.6. The largest absolute Gasteiger partial charge is 0.508 e. The van der Waals surface area contributed by atoms with Gasteiger partial charge in [-0.2, -0.15) is 4.99 Å². The van der Waals surface area contributed by atoms with Crippen molar-refractivity contribution in [2.45, 2.75) is 52.8 Å². The van der Waals surface area contributed by atoms with Gasteiger partial charge in [-0.15, -0.1) is 10.2 Å². The first-order chi connectivity index (χ1) is 32.7. The molecule has 354 valence electrons. The van der Waals surface area contributed by atoms with Gasteiger partial charge in [0.15, 0.2) is 30.0 Å². The van der Waals surface area contributed by atoms with E-state index in [-0.39, 0.29) is 63.6 Å². The van der Waals surface area contributed by atoms with Crippen LogP contribution in [0.4, 0.5) is 11.8 Å². The van der Waals surface area contributed by atoms with Crippen molar-refractivity contribution >= 4 is 46.4 Å². The van der Waals surface area contributed by atoms with Crippen LogP contribution in [0.2, 0.25) is 0 Å². The Bertz CT molecular complexity index is 2960. The number of carbonyl (C=O) groups is 4. The van der Waals surface area contributed by atoms with Gasteiger partial charge in [-0.3, -0.25) is 28.4 Å². The molecule has 2 aliphatic rings. The van der Waals surface area contributed by atoms with E-state index in [1.807, 2.05) is 38.1 Å². The van der Waals surface area contributed by atoms with Crippen LogP contribution in [0.5, 0.6) is 23.0 Å². The van der Waals surface area contributed by atoms with Crippen molar-refractivity contribution < 1.29 is 43.6 Å². The van der Waals surface area contributed by atoms with Crippen LogP contribution >= 0.6 is 0 Å². The van der Waals surface area contributed by atoms with Gasteiger partial charge in [0.05, 0.1) is 18.2 Å². The van der Waals surface area contributed by atoms with E-state index in [1.54, 1.807) is 39.2 Å². The molecule has 1 unspecified atom stereocenters. The molecule has 1 fully saturated rings. The molecule has 0 aliphatic carbocycles. The lowest BCUT2D eigenvalue weighted by Crippen LogP contribution is -2.51. The summed E-state index contributed by atoms with van der Waals surface area (Å²) in [4.78, 5) is 73.1. The lowest BCUT2D eigenvalue weighted by Gasteiger charge is -2.35. The van der Waals surface area contributed by atoms with Crippen LogP contribution in [0.15, 0.2) is 65.9 Å². The summed E-state index contributed by atoms with van der Waals surface area (Å²) < 4.78 is 20.4. The number of nitrogen functional groups attached to an aromatic ring is 1. The number of amides is 3. The maximum Gasteiger partial charge on any atom is 0.344 e. The lowest BCUT2D eigenvalue weighted by atomic mass is 9.98. The molecule has 68 heavy (non-hydrogen) atoms. The standard InChI is InChI=1S/C46H51N13O9/c1-6-48-43(64)41-55-54-40(32-19-31(25(2)3)33(60)20-34(32)61)59(41)29-9-7-27(8-10-29)23-56-15-17-57(18-16-56)44(65)26(4)68-36(62)24-67-35-12-11-30-37(38(35)66-5)52-46(58-14-13-49-39(30)58)53-42(63)28-21-50-45(47)51-22-28/h7-12,19-22,25-26,49,60-61H,6,13-18,23-24H2,1-5H3,(H,48,64)(H2,47,50,51). The third-order valence-electron chi connectivity index (χ3n) is 11.5. The first-order valence-corrected chi connectivity index (χ1v) is 22.0. The second-order valence-electron chi connectivity index (χ2n) is 16.4. The molecular weight excluding hydrogens is 879 g/mol. The lowest BCUT2D eigenvalue weighted by molar-refractivity contribution is -0.161. The Balaban J connectivity index is 0.878. The van der Waals surface area contributed by atoms with E-state index in [4.69, 9.17) is 19.9 Å². The van der Waals surface area contributed by atoms with Crippen LogP contribution in [-0.2, 0) is 27.4 Å². The third-order valence-corrected chi connectivity index (χ3v) is 11.5. The third kappa shape index (κ3) is 9.56. The fraction of sp³-hybridized carbons (Fsp3) is 0.348. The number of rotatable bonds is 14. The Kier molecular flexibility index (Phi) is 13.5. The molecule has 3 aromatic carbocycles. The number of nitrogens with zero attached hydrogens (tertiary/aromatic N) is 10. The van der Waals surface area contributed by atoms with Crippen LogP contribution in [0.3, 0.4) is 0 Å². The van der Waals surface area contributed by atoms with E-state index in [0.717, 1.165) is 5.56 Å². The Morgan fingerprint density at radius 2 is 1.68 bits per heavy atom. The molecule has 8 rings (SSSR count). The molecule has 6 N–H and O–H groups in total. The number of phenolic OH excluding ortho intramolecular Hbond substituents is 2. The number of nitrogens with two attached hydrogens (primary N) is 1. The molecular formula is C46H51N13O9. The Morgan fingerprint density at radius 1 is 0.941 bits per heavy atom. The maximum atomic E-state index is 13.5. The number of phenols is 2. The predicted octanol–water partition coefficient (Wildman–Crippen LogP) is 2.77. The van der Waals surface area contributed by atoms with Crippen LogP contribution in [0.1, 0.15) is 65.7 Å². The first-order valence-electron chi connectivity index (χ1n) is 22.0. The average molecular weight is 930 g/mol. The number of esters is 1. The van der Waals surface area contributed by atoms with Gasteiger partial charge in [-0.1, -0.05) is 26.0 Å². The molecule has 0 saturated carbocycles. The summed E-state index contributed by atoms with van der Waals surface area (Å²) in [7, 11) is 1.43. The van der Waals surface area contributed by atoms with Crippen molar-refractivity contribution in [1.82, 2.24) is 49.4 Å². The quantitative estimate of drug-likeness (QED) is 0.0982. The molecule has 1 atom stereocenters. The highest BCUT2D eigenvalue weighted by molar-refractivity contribution is 5.97. The molecule has 2 aliphatic heterocycles. The molecule has 22 heteroatoms. The zero-order valence-corrected chi connectivity index (χ0v) is 38.1. The number of benzene rings is 3. The summed E-state index contributed by atoms with van der Waals surface area (Å²) in [6, 6.07) is 13.9. The molecule has 3 aromatic heterocycles. The Hall–Kier alpha value is -8.14. The minimum absolute atomic E-state index is 0.0223. The van der Waals surface area contributed by atoms with Crippen molar-refractivity contribution in [1.29, 1.82) is 0 Å². The molecule has 6 aromatic rings. The van der Waals surface area contributed by atoms with E-state index >= 15 is 0 Å². The van der Waals surface area contributed by atoms with Gasteiger partial charge >= 0.3 is 5.97 Å². The number of carbonyl (C=O) groups excluding carboxylic acids is 4. The van der Waals surface area contributed by atoms with E-state index < -0.39 is 30.5 Å². The van der Waals surface area contributed by atoms with E-state index in [0.29, 0.717) is 85.9 Å². The summed E-state index contributed by atoms with van der Waals surface area (Å²) in [5.41, 5.74) is 8.63. The fourth-order valence-electron chi connectivity index (χ4n) is 8.08. The van der Waals surface area contributed by atoms with Gasteiger partial charge < -0.3 is 45.7 Å². The van der Waals surface area contributed by atoms with Crippen molar-refractivity contribution in [3.8, 4) is 40.1 Å². The van der Waals surface area contributed by atoms with Crippen molar-refractivity contribution in [3.63, 3.8) is 0 Å². The van der Waals surface area contributed by atoms with Gasteiger partial charge in [-0.05, 0) is 61.2 Å². The van der Waals surface area contributed by atoms with E-state index in [1.165, 1.54) is 32.5 Å². The second-order valence-corrected chi connectivity index (χ2v) is 16.4. The van der Waals surface area contributed by atoms with Gasteiger partial charge in [0.1, 0.15) is 22.8 Å². The minimum atomic E-state index is -1.07. The number of ether oxygens (including phenoxy) is 3. The molecule has 0 bridgehead atoms. The molecule has 1 saturated heterocycles. The number of piperazine rings is 1. The highest BCUT2D eigenvalue weighted by Crippen LogP contribution is 2.39. The van der Waals surface area contributed by atoms with Gasteiger partial charge in [0.2, 0.25) is 17.4 Å². The topological polar surface area (TPSA) is 280 Å². The van der Waals surface area contributed by atoms with Crippen molar-refractivity contribution in [2.24, 2.45) is 4.99 Å². The fourth-order valence-corrected chi connectivity index (χ4v) is 8.08. The molecule has 22 nitrogen and oxygen atoms in total. The number of nitrogens with one attached hydrogen (secondary N) is 2. The number of aromatic hydroxyl groups is 2. The number of methoxy groups -OCH3 is 1. The van der Waals surface area contributed by atoms with Crippen LogP contribution in [0, 0.1) is 0 Å². The van der Waals surface area contributed by atoms with Crippen LogP contribution in [-0.4, -0.2) is 137 Å².